The van der Waals surface area contributed by atoms with Crippen molar-refractivity contribution in [2.75, 3.05) is 0 Å². The van der Waals surface area contributed by atoms with Gasteiger partial charge in [0.1, 0.15) is 6.54 Å². The van der Waals surface area contributed by atoms with E-state index in [1.165, 1.54) is 0 Å². The first kappa shape index (κ1) is 16.6. The lowest BCUT2D eigenvalue weighted by Crippen LogP contribution is -2.23. The van der Waals surface area contributed by atoms with Crippen molar-refractivity contribution >= 4 is 28.5 Å². The molecule has 3 rings (SSSR count). The second-order valence-electron chi connectivity index (χ2n) is 5.16. The number of nitrogens with zero attached hydrogens (tertiary/aromatic N) is 5. The zero-order valence-corrected chi connectivity index (χ0v) is 15.3. The van der Waals surface area contributed by atoms with Gasteiger partial charge in [-0.1, -0.05) is 11.2 Å². The van der Waals surface area contributed by atoms with Crippen LogP contribution in [-0.4, -0.2) is 30.8 Å². The van der Waals surface area contributed by atoms with Gasteiger partial charge in [0, 0.05) is 11.9 Å². The molecule has 0 fully saturated rings. The van der Waals surface area contributed by atoms with Crippen LogP contribution in [0.2, 0.25) is 0 Å². The van der Waals surface area contributed by atoms with Crippen LogP contribution in [-0.2, 0) is 13.1 Å². The van der Waals surface area contributed by atoms with E-state index in [1.54, 1.807) is 10.9 Å². The molecule has 0 radical (unpaired) electrons. The van der Waals surface area contributed by atoms with Crippen LogP contribution in [0.25, 0.3) is 0 Å². The van der Waals surface area contributed by atoms with Gasteiger partial charge in [-0.2, -0.15) is 10.1 Å². The topological polar surface area (TPSA) is 98.7 Å². The Kier molecular flexibility index (Phi) is 4.88. The van der Waals surface area contributed by atoms with Crippen LogP contribution in [0, 0.1) is 17.4 Å². The highest BCUT2D eigenvalue weighted by Gasteiger charge is 2.17. The SMILES string of the molecule is Cc1nn(Cc2noc(C(=O)NCc3ccccn3)n2)c(C)c1I. The van der Waals surface area contributed by atoms with Crippen molar-refractivity contribution in [2.45, 2.75) is 26.9 Å². The number of rotatable bonds is 5. The Labute approximate surface area is 151 Å². The molecule has 0 saturated carbocycles. The molecule has 9 heteroatoms. The standard InChI is InChI=1S/C15H15IN6O2/c1-9-13(16)10(2)22(20-9)8-12-19-15(24-21-12)14(23)18-7-11-5-3-4-6-17-11/h3-6H,7-8H2,1-2H3,(H,18,23). The molecule has 0 aliphatic heterocycles. The van der Waals surface area contributed by atoms with Crippen LogP contribution in [0.5, 0.6) is 0 Å². The summed E-state index contributed by atoms with van der Waals surface area (Å²) in [5.74, 6) is -0.0977. The van der Waals surface area contributed by atoms with E-state index in [1.807, 2.05) is 32.0 Å². The fourth-order valence-corrected chi connectivity index (χ4v) is 2.51. The lowest BCUT2D eigenvalue weighted by molar-refractivity contribution is 0.0906. The maximum Gasteiger partial charge on any atom is 0.316 e. The molecular weight excluding hydrogens is 423 g/mol. The van der Waals surface area contributed by atoms with E-state index in [2.05, 4.69) is 48.1 Å². The number of hydrogen-bond donors (Lipinski definition) is 1. The molecular formula is C15H15IN6O2. The molecule has 8 nitrogen and oxygen atoms in total. The Morgan fingerprint density at radius 2 is 2.21 bits per heavy atom. The Balaban J connectivity index is 1.64. The van der Waals surface area contributed by atoms with Crippen LogP contribution < -0.4 is 5.32 Å². The van der Waals surface area contributed by atoms with Crippen LogP contribution >= 0.6 is 22.6 Å². The molecule has 3 heterocycles. The molecule has 0 saturated heterocycles. The monoisotopic (exact) mass is 438 g/mol. The predicted octanol–water partition coefficient (Wildman–Crippen LogP) is 1.86. The molecule has 0 atom stereocenters. The van der Waals surface area contributed by atoms with E-state index < -0.39 is 5.91 Å². The fraction of sp³-hybridized carbons (Fsp3) is 0.267. The third-order valence-corrected chi connectivity index (χ3v) is 4.96. The number of carbonyl (C=O) groups excluding carboxylic acids is 1. The van der Waals surface area contributed by atoms with E-state index >= 15 is 0 Å². The minimum absolute atomic E-state index is 0.0721. The number of pyridine rings is 1. The predicted molar refractivity (Wildman–Crippen MR) is 93.2 cm³/mol. The summed E-state index contributed by atoms with van der Waals surface area (Å²) >= 11 is 2.25. The molecule has 3 aromatic rings. The number of nitrogens with one attached hydrogen (secondary N) is 1. The molecule has 3 aromatic heterocycles. The molecule has 1 amide bonds. The molecule has 0 unspecified atom stereocenters. The van der Waals surface area contributed by atoms with E-state index in [0.717, 1.165) is 20.7 Å². The summed E-state index contributed by atoms with van der Waals surface area (Å²) in [5, 5.41) is 11.0. The molecule has 0 bridgehead atoms. The smallest absolute Gasteiger partial charge is 0.316 e. The molecule has 0 aliphatic rings. The highest BCUT2D eigenvalue weighted by atomic mass is 127. The molecule has 0 aromatic carbocycles. The summed E-state index contributed by atoms with van der Waals surface area (Å²) in [4.78, 5) is 20.3. The molecule has 24 heavy (non-hydrogen) atoms. The van der Waals surface area contributed by atoms with Crippen molar-refractivity contribution in [2.24, 2.45) is 0 Å². The summed E-state index contributed by atoms with van der Waals surface area (Å²) in [6, 6.07) is 5.49. The van der Waals surface area contributed by atoms with Crippen molar-refractivity contribution in [3.63, 3.8) is 0 Å². The van der Waals surface area contributed by atoms with Gasteiger partial charge < -0.3 is 9.84 Å². The molecule has 1 N–H and O–H groups in total. The molecule has 0 spiro atoms. The molecule has 124 valence electrons. The first-order chi connectivity index (χ1) is 11.5. The number of aryl methyl sites for hydroxylation is 1. The summed E-state index contributed by atoms with van der Waals surface area (Å²) in [7, 11) is 0. The minimum Gasteiger partial charge on any atom is -0.342 e. The van der Waals surface area contributed by atoms with Crippen molar-refractivity contribution in [1.82, 2.24) is 30.2 Å². The second kappa shape index (κ2) is 7.07. The van der Waals surface area contributed by atoms with Crippen molar-refractivity contribution < 1.29 is 9.32 Å². The van der Waals surface area contributed by atoms with Crippen molar-refractivity contribution in [3.8, 4) is 0 Å². The highest BCUT2D eigenvalue weighted by Crippen LogP contribution is 2.15. The van der Waals surface area contributed by atoms with Gasteiger partial charge in [-0.25, -0.2) is 0 Å². The maximum atomic E-state index is 12.1. The van der Waals surface area contributed by atoms with Gasteiger partial charge in [0.2, 0.25) is 0 Å². The van der Waals surface area contributed by atoms with Gasteiger partial charge in [0.25, 0.3) is 0 Å². The largest absolute Gasteiger partial charge is 0.342 e. The summed E-state index contributed by atoms with van der Waals surface area (Å²) in [5.41, 5.74) is 2.73. The second-order valence-corrected chi connectivity index (χ2v) is 6.24. The van der Waals surface area contributed by atoms with E-state index in [0.29, 0.717) is 18.9 Å². The van der Waals surface area contributed by atoms with Gasteiger partial charge >= 0.3 is 11.8 Å². The number of aromatic nitrogens is 5. The van der Waals surface area contributed by atoms with Crippen LogP contribution in [0.15, 0.2) is 28.9 Å². The van der Waals surface area contributed by atoms with Gasteiger partial charge in [-0.15, -0.1) is 0 Å². The summed E-state index contributed by atoms with van der Waals surface area (Å²) in [6.07, 6.45) is 1.67. The first-order valence-corrected chi connectivity index (χ1v) is 8.32. The average Bonchev–Trinajstić information content (AvgIpc) is 3.15. The fourth-order valence-electron chi connectivity index (χ4n) is 2.12. The Morgan fingerprint density at radius 1 is 1.38 bits per heavy atom. The zero-order chi connectivity index (χ0) is 17.1. The van der Waals surface area contributed by atoms with Gasteiger partial charge in [-0.05, 0) is 48.6 Å². The number of halogens is 1. The summed E-state index contributed by atoms with van der Waals surface area (Å²) in [6.45, 7) is 4.57. The summed E-state index contributed by atoms with van der Waals surface area (Å²) < 4.78 is 7.92. The normalized spacial score (nSPS) is 10.8. The number of carbonyl (C=O) groups is 1. The number of hydrogen-bond acceptors (Lipinski definition) is 6. The van der Waals surface area contributed by atoms with E-state index in [4.69, 9.17) is 4.52 Å². The lowest BCUT2D eigenvalue weighted by atomic mass is 10.3. The van der Waals surface area contributed by atoms with Gasteiger partial charge in [0.05, 0.1) is 21.5 Å². The first-order valence-electron chi connectivity index (χ1n) is 7.25. The Hall–Kier alpha value is -2.30. The quantitative estimate of drug-likeness (QED) is 0.611. The minimum atomic E-state index is -0.428. The van der Waals surface area contributed by atoms with Gasteiger partial charge in [0.15, 0.2) is 5.82 Å². The van der Waals surface area contributed by atoms with Crippen LogP contribution in [0.1, 0.15) is 33.6 Å². The zero-order valence-electron chi connectivity index (χ0n) is 13.2. The Bertz CT molecular complexity index is 858. The van der Waals surface area contributed by atoms with Crippen LogP contribution in [0.4, 0.5) is 0 Å². The van der Waals surface area contributed by atoms with E-state index in [-0.39, 0.29) is 5.89 Å². The molecule has 0 aliphatic carbocycles. The van der Waals surface area contributed by atoms with Crippen molar-refractivity contribution in [3.05, 3.63) is 56.8 Å². The average molecular weight is 438 g/mol. The van der Waals surface area contributed by atoms with Crippen LogP contribution in [0.3, 0.4) is 0 Å². The Morgan fingerprint density at radius 3 is 2.88 bits per heavy atom. The number of amides is 1. The van der Waals surface area contributed by atoms with E-state index in [9.17, 15) is 4.79 Å². The lowest BCUT2D eigenvalue weighted by Gasteiger charge is -2.00. The maximum absolute atomic E-state index is 12.1. The third kappa shape index (κ3) is 3.61. The van der Waals surface area contributed by atoms with Gasteiger partial charge in [-0.3, -0.25) is 14.5 Å². The highest BCUT2D eigenvalue weighted by molar-refractivity contribution is 14.1. The third-order valence-electron chi connectivity index (χ3n) is 3.40. The van der Waals surface area contributed by atoms with Crippen molar-refractivity contribution in [1.29, 1.82) is 0 Å².